The number of aromatic amines is 1. The predicted octanol–water partition coefficient (Wildman–Crippen LogP) is 1.32. The van der Waals surface area contributed by atoms with Gasteiger partial charge in [-0.3, -0.25) is 14.4 Å². The van der Waals surface area contributed by atoms with E-state index in [4.69, 9.17) is 0 Å². The Morgan fingerprint density at radius 2 is 2.23 bits per heavy atom. The Labute approximate surface area is 130 Å². The zero-order chi connectivity index (χ0) is 15.7. The first-order valence-corrected chi connectivity index (χ1v) is 7.89. The average Bonchev–Trinajstić information content (AvgIpc) is 2.78. The van der Waals surface area contributed by atoms with E-state index in [1.807, 2.05) is 18.7 Å². The van der Waals surface area contributed by atoms with Crippen molar-refractivity contribution in [3.05, 3.63) is 44.9 Å². The second kappa shape index (κ2) is 6.04. The molecule has 3 heterocycles. The second-order valence-electron chi connectivity index (χ2n) is 6.05. The van der Waals surface area contributed by atoms with Crippen LogP contribution in [0.2, 0.25) is 0 Å². The Kier molecular flexibility index (Phi) is 4.11. The van der Waals surface area contributed by atoms with Gasteiger partial charge in [0, 0.05) is 39.5 Å². The summed E-state index contributed by atoms with van der Waals surface area (Å²) in [7, 11) is 1.96. The maximum atomic E-state index is 12.3. The first-order chi connectivity index (χ1) is 10.6. The van der Waals surface area contributed by atoms with Gasteiger partial charge in [-0.05, 0) is 19.4 Å². The van der Waals surface area contributed by atoms with Crippen LogP contribution in [0, 0.1) is 6.92 Å². The summed E-state index contributed by atoms with van der Waals surface area (Å²) in [4.78, 5) is 22.1. The standard InChI is InChI=1S/C16H23N5O/c1-4-5-15-17-14-6-7-21(10-13(14)16(22)18-15)9-12-8-11(2)19-20(12)3/h8H,4-7,9-10H2,1-3H3,(H,17,18,22). The lowest BCUT2D eigenvalue weighted by atomic mass is 10.1. The van der Waals surface area contributed by atoms with Crippen LogP contribution in [0.4, 0.5) is 0 Å². The third kappa shape index (κ3) is 2.97. The van der Waals surface area contributed by atoms with Gasteiger partial charge >= 0.3 is 0 Å². The van der Waals surface area contributed by atoms with Gasteiger partial charge in [-0.2, -0.15) is 5.10 Å². The Bertz CT molecular complexity index is 731. The number of rotatable bonds is 4. The third-order valence-corrected chi connectivity index (χ3v) is 4.17. The molecule has 0 spiro atoms. The van der Waals surface area contributed by atoms with Gasteiger partial charge in [0.05, 0.1) is 22.6 Å². The van der Waals surface area contributed by atoms with Crippen LogP contribution in [0.15, 0.2) is 10.9 Å². The van der Waals surface area contributed by atoms with E-state index < -0.39 is 0 Å². The van der Waals surface area contributed by atoms with Crippen LogP contribution in [0.1, 0.15) is 41.8 Å². The zero-order valence-electron chi connectivity index (χ0n) is 13.5. The van der Waals surface area contributed by atoms with Gasteiger partial charge < -0.3 is 4.98 Å². The number of nitrogens with one attached hydrogen (secondary N) is 1. The van der Waals surface area contributed by atoms with E-state index in [0.717, 1.165) is 55.1 Å². The second-order valence-corrected chi connectivity index (χ2v) is 6.05. The molecule has 1 N–H and O–H groups in total. The maximum Gasteiger partial charge on any atom is 0.255 e. The summed E-state index contributed by atoms with van der Waals surface area (Å²) in [6.45, 7) is 6.50. The Morgan fingerprint density at radius 3 is 2.91 bits per heavy atom. The summed E-state index contributed by atoms with van der Waals surface area (Å²) in [6.07, 6.45) is 2.67. The average molecular weight is 301 g/mol. The van der Waals surface area contributed by atoms with Crippen molar-refractivity contribution in [1.82, 2.24) is 24.6 Å². The highest BCUT2D eigenvalue weighted by Crippen LogP contribution is 2.17. The molecular weight excluding hydrogens is 278 g/mol. The minimum atomic E-state index is 0.0272. The molecule has 2 aromatic rings. The van der Waals surface area contributed by atoms with E-state index in [9.17, 15) is 4.79 Å². The van der Waals surface area contributed by atoms with Crippen LogP contribution in [0.5, 0.6) is 0 Å². The van der Waals surface area contributed by atoms with Gasteiger partial charge in [0.15, 0.2) is 0 Å². The van der Waals surface area contributed by atoms with E-state index in [-0.39, 0.29) is 5.56 Å². The highest BCUT2D eigenvalue weighted by Gasteiger charge is 2.21. The first-order valence-electron chi connectivity index (χ1n) is 7.89. The lowest BCUT2D eigenvalue weighted by Crippen LogP contribution is -2.36. The Balaban J connectivity index is 1.79. The van der Waals surface area contributed by atoms with Gasteiger partial charge in [-0.25, -0.2) is 4.98 Å². The molecule has 0 atom stereocenters. The van der Waals surface area contributed by atoms with Crippen LogP contribution in [-0.2, 0) is 33.0 Å². The fraction of sp³-hybridized carbons (Fsp3) is 0.562. The number of hydrogen-bond acceptors (Lipinski definition) is 4. The number of aromatic nitrogens is 4. The third-order valence-electron chi connectivity index (χ3n) is 4.17. The molecule has 0 aliphatic carbocycles. The van der Waals surface area contributed by atoms with Crippen LogP contribution in [0.3, 0.4) is 0 Å². The largest absolute Gasteiger partial charge is 0.310 e. The van der Waals surface area contributed by atoms with Crippen molar-refractivity contribution in [2.24, 2.45) is 7.05 Å². The van der Waals surface area contributed by atoms with Crippen molar-refractivity contribution < 1.29 is 0 Å². The molecule has 0 unspecified atom stereocenters. The predicted molar refractivity (Wildman–Crippen MR) is 84.6 cm³/mol. The molecule has 3 rings (SSSR count). The molecule has 0 fully saturated rings. The SMILES string of the molecule is CCCc1nc2c(c(=O)[nH]1)CN(Cc1cc(C)nn1C)CC2. The van der Waals surface area contributed by atoms with Crippen LogP contribution in [-0.4, -0.2) is 31.2 Å². The Morgan fingerprint density at radius 1 is 1.41 bits per heavy atom. The maximum absolute atomic E-state index is 12.3. The number of H-pyrrole nitrogens is 1. The molecule has 2 aromatic heterocycles. The van der Waals surface area contributed by atoms with Crippen LogP contribution >= 0.6 is 0 Å². The van der Waals surface area contributed by atoms with Crippen LogP contribution in [0.25, 0.3) is 0 Å². The topological polar surface area (TPSA) is 66.8 Å². The number of aryl methyl sites for hydroxylation is 3. The molecular formula is C16H23N5O. The van der Waals surface area contributed by atoms with E-state index in [2.05, 4.69) is 33.0 Å². The molecule has 118 valence electrons. The van der Waals surface area contributed by atoms with E-state index in [1.165, 1.54) is 5.69 Å². The van der Waals surface area contributed by atoms with Crippen molar-refractivity contribution in [3.63, 3.8) is 0 Å². The minimum absolute atomic E-state index is 0.0272. The van der Waals surface area contributed by atoms with E-state index >= 15 is 0 Å². The molecule has 22 heavy (non-hydrogen) atoms. The quantitative estimate of drug-likeness (QED) is 0.925. The number of fused-ring (bicyclic) bond motifs is 1. The molecule has 0 saturated carbocycles. The summed E-state index contributed by atoms with van der Waals surface area (Å²) in [5, 5.41) is 4.38. The molecule has 1 aliphatic heterocycles. The van der Waals surface area contributed by atoms with Crippen molar-refractivity contribution in [1.29, 1.82) is 0 Å². The number of nitrogens with zero attached hydrogens (tertiary/aromatic N) is 4. The van der Waals surface area contributed by atoms with E-state index in [0.29, 0.717) is 6.54 Å². The highest BCUT2D eigenvalue weighted by molar-refractivity contribution is 5.21. The van der Waals surface area contributed by atoms with Gasteiger partial charge in [-0.1, -0.05) is 6.92 Å². The lowest BCUT2D eigenvalue weighted by molar-refractivity contribution is 0.235. The van der Waals surface area contributed by atoms with Gasteiger partial charge in [0.1, 0.15) is 5.82 Å². The summed E-state index contributed by atoms with van der Waals surface area (Å²) < 4.78 is 1.91. The zero-order valence-corrected chi connectivity index (χ0v) is 13.5. The number of hydrogen-bond donors (Lipinski definition) is 1. The fourth-order valence-corrected chi connectivity index (χ4v) is 3.06. The van der Waals surface area contributed by atoms with Crippen molar-refractivity contribution >= 4 is 0 Å². The van der Waals surface area contributed by atoms with Gasteiger partial charge in [0.25, 0.3) is 5.56 Å². The summed E-state index contributed by atoms with van der Waals surface area (Å²) in [5.41, 5.74) is 4.03. The monoisotopic (exact) mass is 301 g/mol. The molecule has 6 heteroatoms. The molecule has 0 amide bonds. The molecule has 0 saturated heterocycles. The minimum Gasteiger partial charge on any atom is -0.310 e. The Hall–Kier alpha value is -1.95. The van der Waals surface area contributed by atoms with Crippen molar-refractivity contribution in [2.75, 3.05) is 6.54 Å². The lowest BCUT2D eigenvalue weighted by Gasteiger charge is -2.27. The van der Waals surface area contributed by atoms with Crippen molar-refractivity contribution in [2.45, 2.75) is 46.2 Å². The highest BCUT2D eigenvalue weighted by atomic mass is 16.1. The van der Waals surface area contributed by atoms with E-state index in [1.54, 1.807) is 0 Å². The molecule has 0 bridgehead atoms. The summed E-state index contributed by atoms with van der Waals surface area (Å²) >= 11 is 0. The molecule has 0 aromatic carbocycles. The summed E-state index contributed by atoms with van der Waals surface area (Å²) in [6, 6.07) is 2.10. The molecule has 1 aliphatic rings. The smallest absolute Gasteiger partial charge is 0.255 e. The van der Waals surface area contributed by atoms with Gasteiger partial charge in [0.2, 0.25) is 0 Å². The summed E-state index contributed by atoms with van der Waals surface area (Å²) in [5.74, 6) is 0.821. The molecule has 0 radical (unpaired) electrons. The van der Waals surface area contributed by atoms with Crippen LogP contribution < -0.4 is 5.56 Å². The normalized spacial score (nSPS) is 15.0. The fourth-order valence-electron chi connectivity index (χ4n) is 3.06. The first kappa shape index (κ1) is 15.0. The van der Waals surface area contributed by atoms with Crippen molar-refractivity contribution in [3.8, 4) is 0 Å². The van der Waals surface area contributed by atoms with Gasteiger partial charge in [-0.15, -0.1) is 0 Å². The molecule has 6 nitrogen and oxygen atoms in total.